The van der Waals surface area contributed by atoms with Crippen molar-refractivity contribution in [3.8, 4) is 5.88 Å². The third-order valence-electron chi connectivity index (χ3n) is 6.31. The van der Waals surface area contributed by atoms with Gasteiger partial charge < -0.3 is 15.8 Å². The van der Waals surface area contributed by atoms with E-state index in [0.29, 0.717) is 31.1 Å². The Morgan fingerprint density at radius 1 is 1.30 bits per heavy atom. The minimum Gasteiger partial charge on any atom is -0.477 e. The van der Waals surface area contributed by atoms with Gasteiger partial charge in [-0.1, -0.05) is 0 Å². The van der Waals surface area contributed by atoms with Crippen molar-refractivity contribution >= 4 is 27.2 Å². The van der Waals surface area contributed by atoms with Crippen LogP contribution in [0.5, 0.6) is 5.88 Å². The number of nitrogens with one attached hydrogen (secondary N) is 1. The van der Waals surface area contributed by atoms with E-state index in [1.165, 1.54) is 30.6 Å². The lowest BCUT2D eigenvalue weighted by Gasteiger charge is -2.44. The predicted molar refractivity (Wildman–Crippen MR) is 124 cm³/mol. The zero-order valence-corrected chi connectivity index (χ0v) is 19.8. The first-order valence-corrected chi connectivity index (χ1v) is 12.2. The number of fused-ring (bicyclic) bond motifs is 1. The molecule has 1 amide bonds. The van der Waals surface area contributed by atoms with Crippen molar-refractivity contribution in [2.45, 2.75) is 49.7 Å². The number of carbonyl (C=O) groups is 1. The van der Waals surface area contributed by atoms with E-state index < -0.39 is 37.0 Å². The zero-order valence-electron chi connectivity index (χ0n) is 19.0. The molecule has 9 nitrogen and oxygen atoms in total. The molecule has 1 aromatic carbocycles. The summed E-state index contributed by atoms with van der Waals surface area (Å²) in [5.74, 6) is -0.551. The molecule has 0 aliphatic carbocycles. The van der Waals surface area contributed by atoms with Crippen LogP contribution in [0, 0.1) is 5.82 Å². The largest absolute Gasteiger partial charge is 0.477 e. The average molecular weight is 475 g/mol. The first-order chi connectivity index (χ1) is 15.5. The number of hydrogen-bond acceptors (Lipinski definition) is 8. The Hall–Kier alpha value is -3.08. The van der Waals surface area contributed by atoms with Gasteiger partial charge in [0.15, 0.2) is 0 Å². The molecule has 0 saturated carbocycles. The maximum absolute atomic E-state index is 15.1. The summed E-state index contributed by atoms with van der Waals surface area (Å²) in [7, 11) is -2.80. The van der Waals surface area contributed by atoms with Crippen LogP contribution in [0.2, 0.25) is 0 Å². The van der Waals surface area contributed by atoms with Gasteiger partial charge in [-0.2, -0.15) is 0 Å². The van der Waals surface area contributed by atoms with E-state index in [2.05, 4.69) is 24.6 Å². The second-order valence-electron chi connectivity index (χ2n) is 8.68. The number of rotatable bonds is 5. The number of hydrogen-bond donors (Lipinski definition) is 2. The SMILES string of the molecule is CCOc1cnc(C(=O)Nc2ccc(F)c([C@@]3(C)N=C(N)C(C)(C)S4(=O)=NCC[C@@H]34)c2)cn1. The fourth-order valence-electron chi connectivity index (χ4n) is 4.35. The minimum absolute atomic E-state index is 0.0785. The number of carbonyl (C=O) groups excluding carboxylic acids is 1. The number of anilines is 1. The van der Waals surface area contributed by atoms with Gasteiger partial charge in [-0.25, -0.2) is 22.9 Å². The molecule has 3 atom stereocenters. The summed E-state index contributed by atoms with van der Waals surface area (Å²) in [5, 5.41) is 2.20. The lowest BCUT2D eigenvalue weighted by atomic mass is 9.85. The van der Waals surface area contributed by atoms with Crippen molar-refractivity contribution in [2.75, 3.05) is 18.5 Å². The molecule has 33 heavy (non-hydrogen) atoms. The quantitative estimate of drug-likeness (QED) is 0.685. The third kappa shape index (κ3) is 3.64. The van der Waals surface area contributed by atoms with E-state index in [1.807, 2.05) is 6.92 Å². The first-order valence-electron chi connectivity index (χ1n) is 10.7. The molecular weight excluding hydrogens is 447 g/mol. The summed E-state index contributed by atoms with van der Waals surface area (Å²) in [6, 6.07) is 4.19. The molecule has 0 radical (unpaired) electrons. The highest BCUT2D eigenvalue weighted by molar-refractivity contribution is 7.96. The molecule has 11 heteroatoms. The molecular formula is C22H27FN6O3S. The number of aliphatic imine (C=N–C) groups is 1. The van der Waals surface area contributed by atoms with E-state index >= 15 is 4.39 Å². The Morgan fingerprint density at radius 3 is 2.73 bits per heavy atom. The number of benzene rings is 1. The van der Waals surface area contributed by atoms with Crippen LogP contribution in [-0.2, 0) is 15.3 Å². The van der Waals surface area contributed by atoms with Crippen LogP contribution in [-0.4, -0.2) is 49.1 Å². The van der Waals surface area contributed by atoms with Crippen molar-refractivity contribution in [1.29, 1.82) is 0 Å². The fraction of sp³-hybridized carbons (Fsp3) is 0.455. The molecule has 2 aromatic rings. The van der Waals surface area contributed by atoms with Crippen molar-refractivity contribution < 1.29 is 18.1 Å². The van der Waals surface area contributed by atoms with Gasteiger partial charge >= 0.3 is 0 Å². The van der Waals surface area contributed by atoms with Crippen LogP contribution in [0.3, 0.4) is 0 Å². The highest BCUT2D eigenvalue weighted by Crippen LogP contribution is 2.48. The summed E-state index contributed by atoms with van der Waals surface area (Å²) in [6.45, 7) is 7.91. The van der Waals surface area contributed by atoms with Crippen LogP contribution >= 0.6 is 0 Å². The molecule has 2 aliphatic heterocycles. The number of nitrogens with two attached hydrogens (primary N) is 1. The summed E-state index contributed by atoms with van der Waals surface area (Å²) in [5.41, 5.74) is 5.66. The Kier molecular flexibility index (Phi) is 5.63. The van der Waals surface area contributed by atoms with Crippen molar-refractivity contribution in [1.82, 2.24) is 9.97 Å². The normalized spacial score (nSPS) is 27.8. The number of amides is 1. The summed E-state index contributed by atoms with van der Waals surface area (Å²) >= 11 is 0. The molecule has 1 aromatic heterocycles. The minimum atomic E-state index is -2.80. The van der Waals surface area contributed by atoms with E-state index in [1.54, 1.807) is 20.8 Å². The summed E-state index contributed by atoms with van der Waals surface area (Å²) in [6.07, 6.45) is 3.17. The second-order valence-corrected chi connectivity index (χ2v) is 11.7. The van der Waals surface area contributed by atoms with Crippen LogP contribution in [0.1, 0.15) is 50.2 Å². The number of amidine groups is 1. The highest BCUT2D eigenvalue weighted by atomic mass is 32.2. The first kappa shape index (κ1) is 23.1. The zero-order chi connectivity index (χ0) is 24.0. The third-order valence-corrected chi connectivity index (χ3v) is 10.0. The topological polar surface area (TPSA) is 132 Å². The molecule has 3 heterocycles. The smallest absolute Gasteiger partial charge is 0.275 e. The van der Waals surface area contributed by atoms with Crippen LogP contribution in [0.15, 0.2) is 39.9 Å². The van der Waals surface area contributed by atoms with Crippen molar-refractivity contribution in [3.63, 3.8) is 0 Å². The Balaban J connectivity index is 1.69. The highest BCUT2D eigenvalue weighted by Gasteiger charge is 2.56. The second kappa shape index (κ2) is 8.05. The van der Waals surface area contributed by atoms with Gasteiger partial charge in [-0.05, 0) is 52.3 Å². The summed E-state index contributed by atoms with van der Waals surface area (Å²) < 4.78 is 37.7. The molecule has 4 rings (SSSR count). The molecule has 0 fully saturated rings. The Bertz CT molecular complexity index is 1250. The van der Waals surface area contributed by atoms with Crippen molar-refractivity contribution in [3.05, 3.63) is 47.7 Å². The maximum atomic E-state index is 15.1. The van der Waals surface area contributed by atoms with Gasteiger partial charge in [-0.15, -0.1) is 0 Å². The predicted octanol–water partition coefficient (Wildman–Crippen LogP) is 2.87. The monoisotopic (exact) mass is 474 g/mol. The number of ether oxygens (including phenoxy) is 1. The van der Waals surface area contributed by atoms with Crippen molar-refractivity contribution in [2.24, 2.45) is 15.1 Å². The van der Waals surface area contributed by atoms with E-state index in [-0.39, 0.29) is 17.1 Å². The maximum Gasteiger partial charge on any atom is 0.275 e. The molecule has 3 N–H and O–H groups in total. The van der Waals surface area contributed by atoms with E-state index in [9.17, 15) is 9.00 Å². The van der Waals surface area contributed by atoms with Crippen LogP contribution < -0.4 is 15.8 Å². The number of halogens is 1. The molecule has 0 saturated heterocycles. The van der Waals surface area contributed by atoms with Gasteiger partial charge in [-0.3, -0.25) is 9.79 Å². The standard InChI is InChI=1S/C22H27FN6O3S/c1-5-32-18-12-25-16(11-26-18)19(30)28-13-6-7-15(23)14(10-13)22(4)17-8-9-27-33(17,31)21(2,3)20(24)29-22/h6-7,10-12,17H,5,8-9H2,1-4H3,(H2,24,29)(H,28,30)/t17-,22+,33?/m0/s1. The molecule has 1 unspecified atom stereocenters. The van der Waals surface area contributed by atoms with Crippen LogP contribution in [0.25, 0.3) is 0 Å². The van der Waals surface area contributed by atoms with Gasteiger partial charge in [0.25, 0.3) is 5.91 Å². The van der Waals surface area contributed by atoms with E-state index in [0.717, 1.165) is 0 Å². The molecule has 2 aliphatic rings. The van der Waals surface area contributed by atoms with Gasteiger partial charge in [0.2, 0.25) is 5.88 Å². The van der Waals surface area contributed by atoms with Crippen LogP contribution in [0.4, 0.5) is 10.1 Å². The Labute approximate surface area is 192 Å². The molecule has 0 spiro atoms. The number of aromatic nitrogens is 2. The Morgan fingerprint density at radius 2 is 2.06 bits per heavy atom. The van der Waals surface area contributed by atoms with Gasteiger partial charge in [0.05, 0.1) is 34.0 Å². The fourth-order valence-corrected chi connectivity index (χ4v) is 7.51. The lowest BCUT2D eigenvalue weighted by Crippen LogP contribution is -2.58. The van der Waals surface area contributed by atoms with Gasteiger partial charge in [0.1, 0.15) is 27.6 Å². The van der Waals surface area contributed by atoms with E-state index in [4.69, 9.17) is 10.5 Å². The molecule has 176 valence electrons. The van der Waals surface area contributed by atoms with Gasteiger partial charge in [0, 0.05) is 17.8 Å². The average Bonchev–Trinajstić information content (AvgIpc) is 3.19. The lowest BCUT2D eigenvalue weighted by molar-refractivity contribution is 0.102. The number of nitrogens with zero attached hydrogens (tertiary/aromatic N) is 4. The molecule has 0 bridgehead atoms. The summed E-state index contributed by atoms with van der Waals surface area (Å²) in [4.78, 5) is 25.4.